The van der Waals surface area contributed by atoms with Crippen LogP contribution in [-0.2, 0) is 4.79 Å². The molecule has 1 amide bonds. The van der Waals surface area contributed by atoms with E-state index in [0.29, 0.717) is 10.2 Å². The highest BCUT2D eigenvalue weighted by Crippen LogP contribution is 2.33. The number of aliphatic imine (C=N–C) groups is 1. The molecule has 30 heavy (non-hydrogen) atoms. The molecule has 0 saturated carbocycles. The highest BCUT2D eigenvalue weighted by molar-refractivity contribution is 8.45. The largest absolute Gasteiger partial charge is 0.318 e. The SMILES string of the molecule is CCSC1=NN2C(=N)/C(=C/c3cc(C)n(-c4cc(Cl)ccc4C)c3C)C(=O)N=C2S1. The Morgan fingerprint density at radius 3 is 2.77 bits per heavy atom. The molecule has 1 N–H and O–H groups in total. The molecule has 2 aliphatic rings. The molecule has 0 unspecified atom stereocenters. The number of amides is 1. The van der Waals surface area contributed by atoms with Crippen LogP contribution in [0, 0.1) is 26.2 Å². The number of benzene rings is 1. The monoisotopic (exact) mass is 457 g/mol. The van der Waals surface area contributed by atoms with E-state index in [1.54, 1.807) is 17.8 Å². The Hall–Kier alpha value is -2.29. The van der Waals surface area contributed by atoms with Gasteiger partial charge in [0.1, 0.15) is 0 Å². The molecule has 2 aliphatic heterocycles. The minimum atomic E-state index is -0.416. The molecule has 0 aliphatic carbocycles. The molecular formula is C21H20ClN5OS2. The zero-order chi connectivity index (χ0) is 21.6. The molecule has 3 heterocycles. The molecule has 0 fully saturated rings. The summed E-state index contributed by atoms with van der Waals surface area (Å²) >= 11 is 9.12. The van der Waals surface area contributed by atoms with E-state index in [1.165, 1.54) is 16.8 Å². The highest BCUT2D eigenvalue weighted by Gasteiger charge is 2.35. The van der Waals surface area contributed by atoms with Gasteiger partial charge >= 0.3 is 0 Å². The van der Waals surface area contributed by atoms with Gasteiger partial charge in [-0.25, -0.2) is 0 Å². The second-order valence-electron chi connectivity index (χ2n) is 6.91. The Kier molecular flexibility index (Phi) is 5.65. The first-order valence-electron chi connectivity index (χ1n) is 9.38. The van der Waals surface area contributed by atoms with Crippen molar-refractivity contribution in [3.63, 3.8) is 0 Å². The lowest BCUT2D eigenvalue weighted by Crippen LogP contribution is -2.35. The quantitative estimate of drug-likeness (QED) is 0.627. The molecule has 0 spiro atoms. The van der Waals surface area contributed by atoms with Crippen LogP contribution < -0.4 is 0 Å². The maximum absolute atomic E-state index is 12.7. The molecule has 1 aromatic carbocycles. The number of hydrogen-bond acceptors (Lipinski definition) is 5. The van der Waals surface area contributed by atoms with Crippen LogP contribution in [0.1, 0.15) is 29.4 Å². The Labute approximate surface area is 188 Å². The van der Waals surface area contributed by atoms with Crippen molar-refractivity contribution in [1.29, 1.82) is 5.41 Å². The van der Waals surface area contributed by atoms with E-state index < -0.39 is 5.91 Å². The number of carbonyl (C=O) groups is 1. The van der Waals surface area contributed by atoms with E-state index in [0.717, 1.165) is 38.3 Å². The fourth-order valence-electron chi connectivity index (χ4n) is 3.44. The molecule has 2 aromatic rings. The maximum atomic E-state index is 12.7. The van der Waals surface area contributed by atoms with Gasteiger partial charge in [-0.3, -0.25) is 10.2 Å². The van der Waals surface area contributed by atoms with Crippen molar-refractivity contribution >= 4 is 62.5 Å². The smallest absolute Gasteiger partial charge is 0.283 e. The summed E-state index contributed by atoms with van der Waals surface area (Å²) in [5, 5.41) is 15.5. The van der Waals surface area contributed by atoms with E-state index in [9.17, 15) is 4.79 Å². The number of hydrogen-bond donors (Lipinski definition) is 1. The van der Waals surface area contributed by atoms with Gasteiger partial charge < -0.3 is 4.57 Å². The molecule has 6 nitrogen and oxygen atoms in total. The Balaban J connectivity index is 1.75. The number of amidine groups is 2. The topological polar surface area (TPSA) is 73.8 Å². The lowest BCUT2D eigenvalue weighted by molar-refractivity contribution is -0.114. The lowest BCUT2D eigenvalue weighted by Gasteiger charge is -2.20. The molecule has 4 rings (SSSR count). The number of nitrogens with zero attached hydrogens (tertiary/aromatic N) is 4. The standard InChI is InChI=1S/C21H20ClN5OS2/c1-5-29-21-25-27-18(23)16(19(28)24-20(27)30-21)9-14-8-12(3)26(13(14)4)17-10-15(22)7-6-11(17)2/h6-10,23H,5H2,1-4H3/b16-9-,23-18?. The summed E-state index contributed by atoms with van der Waals surface area (Å²) in [6.45, 7) is 8.07. The zero-order valence-corrected chi connectivity index (χ0v) is 19.4. The molecule has 0 atom stereocenters. The van der Waals surface area contributed by atoms with Crippen molar-refractivity contribution in [1.82, 2.24) is 9.58 Å². The summed E-state index contributed by atoms with van der Waals surface area (Å²) in [5.74, 6) is 0.500. The number of carbonyl (C=O) groups excluding carboxylic acids is 1. The number of hydrazone groups is 1. The van der Waals surface area contributed by atoms with E-state index in [2.05, 4.69) is 14.7 Å². The molecule has 0 radical (unpaired) electrons. The summed E-state index contributed by atoms with van der Waals surface area (Å²) in [4.78, 5) is 16.8. The van der Waals surface area contributed by atoms with E-state index in [4.69, 9.17) is 17.0 Å². The number of halogens is 1. The average Bonchev–Trinajstić information content (AvgIpc) is 3.21. The number of fused-ring (bicyclic) bond motifs is 1. The number of rotatable bonds is 3. The molecule has 0 saturated heterocycles. The van der Waals surface area contributed by atoms with Gasteiger partial charge in [0.2, 0.25) is 5.17 Å². The second-order valence-corrected chi connectivity index (χ2v) is 9.82. The third-order valence-corrected chi connectivity index (χ3v) is 7.04. The van der Waals surface area contributed by atoms with Crippen molar-refractivity contribution < 1.29 is 4.79 Å². The van der Waals surface area contributed by atoms with Crippen LogP contribution >= 0.6 is 35.1 Å². The fraction of sp³-hybridized carbons (Fsp3) is 0.238. The Morgan fingerprint density at radius 2 is 2.03 bits per heavy atom. The van der Waals surface area contributed by atoms with Gasteiger partial charge in [-0.2, -0.15) is 10.0 Å². The van der Waals surface area contributed by atoms with E-state index in [-0.39, 0.29) is 11.4 Å². The third-order valence-electron chi connectivity index (χ3n) is 4.89. The minimum Gasteiger partial charge on any atom is -0.318 e. The first-order chi connectivity index (χ1) is 14.3. The van der Waals surface area contributed by atoms with Gasteiger partial charge in [0.15, 0.2) is 10.2 Å². The van der Waals surface area contributed by atoms with Crippen LogP contribution in [0.4, 0.5) is 0 Å². The van der Waals surface area contributed by atoms with Gasteiger partial charge in [0.05, 0.1) is 5.57 Å². The normalized spacial score (nSPS) is 17.5. The Bertz CT molecular complexity index is 1180. The Morgan fingerprint density at radius 1 is 1.27 bits per heavy atom. The maximum Gasteiger partial charge on any atom is 0.283 e. The summed E-state index contributed by atoms with van der Waals surface area (Å²) in [6, 6.07) is 7.79. The molecule has 154 valence electrons. The van der Waals surface area contributed by atoms with Gasteiger partial charge in [-0.15, -0.1) is 5.10 Å². The van der Waals surface area contributed by atoms with Crippen LogP contribution in [-0.4, -0.2) is 36.6 Å². The zero-order valence-electron chi connectivity index (χ0n) is 17.0. The molecular weight excluding hydrogens is 438 g/mol. The summed E-state index contributed by atoms with van der Waals surface area (Å²) < 4.78 is 2.91. The van der Waals surface area contributed by atoms with Gasteiger partial charge in [0.25, 0.3) is 5.91 Å². The number of aryl methyl sites for hydroxylation is 2. The lowest BCUT2D eigenvalue weighted by atomic mass is 10.1. The molecule has 9 heteroatoms. The molecule has 1 aromatic heterocycles. The van der Waals surface area contributed by atoms with Crippen molar-refractivity contribution in [3.05, 3.63) is 57.4 Å². The summed E-state index contributed by atoms with van der Waals surface area (Å²) in [5.41, 5.74) is 5.16. The predicted octanol–water partition coefficient (Wildman–Crippen LogP) is 5.39. The van der Waals surface area contributed by atoms with Crippen molar-refractivity contribution in [2.75, 3.05) is 5.75 Å². The second kappa shape index (κ2) is 8.09. The van der Waals surface area contributed by atoms with E-state index >= 15 is 0 Å². The fourth-order valence-corrected chi connectivity index (χ4v) is 5.43. The van der Waals surface area contributed by atoms with Crippen molar-refractivity contribution in [3.8, 4) is 5.69 Å². The number of aromatic nitrogens is 1. The number of thioether (sulfide) groups is 2. The van der Waals surface area contributed by atoms with Crippen LogP contribution in [0.5, 0.6) is 0 Å². The first-order valence-corrected chi connectivity index (χ1v) is 11.6. The van der Waals surface area contributed by atoms with Crippen LogP contribution in [0.2, 0.25) is 5.02 Å². The first kappa shape index (κ1) is 21.0. The number of nitrogens with one attached hydrogen (secondary N) is 1. The minimum absolute atomic E-state index is 0.0490. The van der Waals surface area contributed by atoms with Crippen molar-refractivity contribution in [2.45, 2.75) is 27.7 Å². The highest BCUT2D eigenvalue weighted by atomic mass is 35.5. The molecule has 0 bridgehead atoms. The average molecular weight is 458 g/mol. The van der Waals surface area contributed by atoms with Crippen LogP contribution in [0.25, 0.3) is 11.8 Å². The summed E-state index contributed by atoms with van der Waals surface area (Å²) in [6.07, 6.45) is 1.73. The third kappa shape index (κ3) is 3.64. The predicted molar refractivity (Wildman–Crippen MR) is 128 cm³/mol. The van der Waals surface area contributed by atoms with Gasteiger partial charge in [0, 0.05) is 22.1 Å². The van der Waals surface area contributed by atoms with E-state index in [1.807, 2.05) is 52.0 Å². The van der Waals surface area contributed by atoms with Gasteiger partial charge in [-0.05, 0) is 73.7 Å². The van der Waals surface area contributed by atoms with Gasteiger partial charge in [-0.1, -0.05) is 36.4 Å². The van der Waals surface area contributed by atoms with Crippen molar-refractivity contribution in [2.24, 2.45) is 10.1 Å². The van der Waals surface area contributed by atoms with Crippen LogP contribution in [0.3, 0.4) is 0 Å². The van der Waals surface area contributed by atoms with Crippen LogP contribution in [0.15, 0.2) is 39.9 Å². The summed E-state index contributed by atoms with van der Waals surface area (Å²) in [7, 11) is 0.